The molecule has 0 N–H and O–H groups in total. The van der Waals surface area contributed by atoms with E-state index in [9.17, 15) is 0 Å². The van der Waals surface area contributed by atoms with Gasteiger partial charge in [0, 0.05) is 34.1 Å². The number of nitrogens with zero attached hydrogens (tertiary/aromatic N) is 2. The van der Waals surface area contributed by atoms with Crippen LogP contribution in [0.4, 0.5) is 34.1 Å². The highest BCUT2D eigenvalue weighted by molar-refractivity contribution is 5.80. The molecule has 0 spiro atoms. The Bertz CT molecular complexity index is 2030. The standard InChI is InChI=1S/C46H38N2/c1-35-11-9-17-45(33-35)48(46-18-10-12-36(2)34-46)44-31-27-40(28-32-44)39-25-21-37(22-26-39)19-20-38-23-29-43(30-24-38)47(41-13-5-3-6-14-41)42-15-7-4-8-16-42/h3-34H,1-2H3. The molecule has 0 fully saturated rings. The molecule has 0 aromatic heterocycles. The average molecular weight is 619 g/mol. The molecule has 0 heterocycles. The Labute approximate surface area is 284 Å². The number of anilines is 6. The summed E-state index contributed by atoms with van der Waals surface area (Å²) >= 11 is 0. The van der Waals surface area contributed by atoms with Crippen LogP contribution in [-0.4, -0.2) is 0 Å². The van der Waals surface area contributed by atoms with Gasteiger partial charge in [-0.05, 0) is 120 Å². The zero-order chi connectivity index (χ0) is 32.7. The molecular formula is C46H38N2. The van der Waals surface area contributed by atoms with E-state index in [1.165, 1.54) is 27.8 Å². The first-order chi connectivity index (χ1) is 23.6. The maximum Gasteiger partial charge on any atom is 0.0464 e. The summed E-state index contributed by atoms with van der Waals surface area (Å²) in [5.74, 6) is 0. The Balaban J connectivity index is 1.07. The molecule has 2 heteroatoms. The predicted octanol–water partition coefficient (Wildman–Crippen LogP) is 13.1. The highest BCUT2D eigenvalue weighted by Crippen LogP contribution is 2.37. The van der Waals surface area contributed by atoms with Crippen LogP contribution in [0.25, 0.3) is 23.3 Å². The molecule has 0 saturated carbocycles. The van der Waals surface area contributed by atoms with Crippen molar-refractivity contribution in [3.05, 3.63) is 204 Å². The average Bonchev–Trinajstić information content (AvgIpc) is 3.13. The van der Waals surface area contributed by atoms with Crippen LogP contribution in [-0.2, 0) is 0 Å². The molecule has 0 bridgehead atoms. The van der Waals surface area contributed by atoms with Gasteiger partial charge >= 0.3 is 0 Å². The first kappa shape index (κ1) is 30.5. The molecule has 232 valence electrons. The predicted molar refractivity (Wildman–Crippen MR) is 206 cm³/mol. The molecule has 7 aromatic rings. The van der Waals surface area contributed by atoms with E-state index in [-0.39, 0.29) is 0 Å². The molecule has 0 saturated heterocycles. The molecule has 7 rings (SSSR count). The monoisotopic (exact) mass is 618 g/mol. The van der Waals surface area contributed by atoms with Crippen molar-refractivity contribution in [3.63, 3.8) is 0 Å². The van der Waals surface area contributed by atoms with Crippen molar-refractivity contribution in [2.45, 2.75) is 13.8 Å². The van der Waals surface area contributed by atoms with Crippen molar-refractivity contribution in [3.8, 4) is 11.1 Å². The summed E-state index contributed by atoms with van der Waals surface area (Å²) in [6, 6.07) is 64.7. The SMILES string of the molecule is Cc1cccc(N(c2ccc(-c3ccc(C=Cc4ccc(N(c5ccccc5)c5ccccc5)cc4)cc3)cc2)c2cccc(C)c2)c1. The first-order valence-electron chi connectivity index (χ1n) is 16.4. The lowest BCUT2D eigenvalue weighted by Crippen LogP contribution is -2.10. The normalized spacial score (nSPS) is 11.0. The Morgan fingerprint density at radius 1 is 0.312 bits per heavy atom. The van der Waals surface area contributed by atoms with E-state index in [2.05, 4.69) is 218 Å². The molecule has 0 aliphatic carbocycles. The third-order valence-electron chi connectivity index (χ3n) is 8.54. The van der Waals surface area contributed by atoms with Crippen LogP contribution in [0.15, 0.2) is 182 Å². The Hall–Kier alpha value is -6.12. The highest BCUT2D eigenvalue weighted by atomic mass is 15.1. The van der Waals surface area contributed by atoms with Gasteiger partial charge in [-0.25, -0.2) is 0 Å². The fourth-order valence-corrected chi connectivity index (χ4v) is 6.10. The van der Waals surface area contributed by atoms with Gasteiger partial charge in [-0.3, -0.25) is 0 Å². The number of aryl methyl sites for hydroxylation is 2. The van der Waals surface area contributed by atoms with Crippen LogP contribution < -0.4 is 9.80 Å². The van der Waals surface area contributed by atoms with Gasteiger partial charge in [-0.2, -0.15) is 0 Å². The highest BCUT2D eigenvalue weighted by Gasteiger charge is 2.14. The molecular weight excluding hydrogens is 581 g/mol. The number of hydrogen-bond donors (Lipinski definition) is 0. The van der Waals surface area contributed by atoms with E-state index in [1.807, 2.05) is 0 Å². The summed E-state index contributed by atoms with van der Waals surface area (Å²) in [5, 5.41) is 0. The summed E-state index contributed by atoms with van der Waals surface area (Å²) in [6.07, 6.45) is 4.35. The Kier molecular flexibility index (Phi) is 8.97. The quantitative estimate of drug-likeness (QED) is 0.149. The molecule has 0 unspecified atom stereocenters. The third kappa shape index (κ3) is 6.99. The molecule has 0 amide bonds. The van der Waals surface area contributed by atoms with Gasteiger partial charge in [-0.1, -0.05) is 121 Å². The van der Waals surface area contributed by atoms with E-state index < -0.39 is 0 Å². The maximum atomic E-state index is 2.32. The zero-order valence-electron chi connectivity index (χ0n) is 27.4. The number of benzene rings is 7. The van der Waals surface area contributed by atoms with Crippen molar-refractivity contribution >= 4 is 46.3 Å². The van der Waals surface area contributed by atoms with Crippen LogP contribution in [0.3, 0.4) is 0 Å². The molecule has 7 aromatic carbocycles. The van der Waals surface area contributed by atoms with Gasteiger partial charge in [0.15, 0.2) is 0 Å². The van der Waals surface area contributed by atoms with Crippen molar-refractivity contribution in [2.75, 3.05) is 9.80 Å². The lowest BCUT2D eigenvalue weighted by molar-refractivity contribution is 1.26. The molecule has 0 atom stereocenters. The molecule has 0 aliphatic rings. The Morgan fingerprint density at radius 3 is 1.08 bits per heavy atom. The van der Waals surface area contributed by atoms with Crippen molar-refractivity contribution < 1.29 is 0 Å². The maximum absolute atomic E-state index is 2.32. The van der Waals surface area contributed by atoms with Crippen molar-refractivity contribution in [2.24, 2.45) is 0 Å². The number of hydrogen-bond acceptors (Lipinski definition) is 2. The lowest BCUT2D eigenvalue weighted by Gasteiger charge is -2.26. The van der Waals surface area contributed by atoms with E-state index in [0.717, 1.165) is 39.7 Å². The van der Waals surface area contributed by atoms with E-state index in [0.29, 0.717) is 0 Å². The van der Waals surface area contributed by atoms with Gasteiger partial charge in [-0.15, -0.1) is 0 Å². The first-order valence-corrected chi connectivity index (χ1v) is 16.4. The van der Waals surface area contributed by atoms with E-state index in [4.69, 9.17) is 0 Å². The van der Waals surface area contributed by atoms with Crippen LogP contribution in [0.2, 0.25) is 0 Å². The molecule has 0 aliphatic heterocycles. The minimum atomic E-state index is 1.13. The smallest absolute Gasteiger partial charge is 0.0464 e. The Morgan fingerprint density at radius 2 is 0.646 bits per heavy atom. The second-order valence-electron chi connectivity index (χ2n) is 12.1. The van der Waals surface area contributed by atoms with Crippen molar-refractivity contribution in [1.29, 1.82) is 0 Å². The number of para-hydroxylation sites is 2. The van der Waals surface area contributed by atoms with Gasteiger partial charge in [0.05, 0.1) is 0 Å². The summed E-state index contributed by atoms with van der Waals surface area (Å²) < 4.78 is 0. The summed E-state index contributed by atoms with van der Waals surface area (Å²) in [5.41, 5.74) is 14.0. The second kappa shape index (κ2) is 14.1. The summed E-state index contributed by atoms with van der Waals surface area (Å²) in [7, 11) is 0. The van der Waals surface area contributed by atoms with Crippen LogP contribution in [0, 0.1) is 13.8 Å². The largest absolute Gasteiger partial charge is 0.311 e. The van der Waals surface area contributed by atoms with E-state index in [1.54, 1.807) is 0 Å². The minimum absolute atomic E-state index is 1.13. The zero-order valence-corrected chi connectivity index (χ0v) is 27.4. The van der Waals surface area contributed by atoms with Gasteiger partial charge in [0.25, 0.3) is 0 Å². The van der Waals surface area contributed by atoms with Crippen LogP contribution in [0.1, 0.15) is 22.3 Å². The van der Waals surface area contributed by atoms with Gasteiger partial charge in [0.2, 0.25) is 0 Å². The third-order valence-corrected chi connectivity index (χ3v) is 8.54. The molecule has 2 nitrogen and oxygen atoms in total. The van der Waals surface area contributed by atoms with Gasteiger partial charge < -0.3 is 9.80 Å². The second-order valence-corrected chi connectivity index (χ2v) is 12.1. The summed E-state index contributed by atoms with van der Waals surface area (Å²) in [4.78, 5) is 4.60. The van der Waals surface area contributed by atoms with Crippen molar-refractivity contribution in [1.82, 2.24) is 0 Å². The van der Waals surface area contributed by atoms with Gasteiger partial charge in [0.1, 0.15) is 0 Å². The number of rotatable bonds is 9. The lowest BCUT2D eigenvalue weighted by atomic mass is 10.0. The molecule has 48 heavy (non-hydrogen) atoms. The fraction of sp³-hybridized carbons (Fsp3) is 0.0435. The minimum Gasteiger partial charge on any atom is -0.311 e. The topological polar surface area (TPSA) is 6.48 Å². The van der Waals surface area contributed by atoms with E-state index >= 15 is 0 Å². The van der Waals surface area contributed by atoms with Crippen LogP contribution >= 0.6 is 0 Å². The fourth-order valence-electron chi connectivity index (χ4n) is 6.10. The summed E-state index contributed by atoms with van der Waals surface area (Å²) in [6.45, 7) is 4.28. The van der Waals surface area contributed by atoms with Crippen LogP contribution in [0.5, 0.6) is 0 Å². The molecule has 0 radical (unpaired) electrons.